The van der Waals surface area contributed by atoms with Gasteiger partial charge in [-0.15, -0.1) is 0 Å². The topological polar surface area (TPSA) is 81.5 Å². The normalized spacial score (nSPS) is 12.1. The average molecular weight is 501 g/mol. The van der Waals surface area contributed by atoms with Crippen molar-refractivity contribution in [2.75, 3.05) is 33.6 Å². The van der Waals surface area contributed by atoms with Crippen molar-refractivity contribution in [3.8, 4) is 11.5 Å². The Morgan fingerprint density at radius 2 is 1.69 bits per heavy atom. The number of aryl methyl sites for hydroxylation is 1. The van der Waals surface area contributed by atoms with Crippen LogP contribution in [-0.4, -0.2) is 55.2 Å². The first kappa shape index (κ1) is 27.6. The van der Waals surface area contributed by atoms with Crippen LogP contribution in [0.5, 0.6) is 11.5 Å². The molecule has 1 aromatic heterocycles. The third kappa shape index (κ3) is 8.59. The van der Waals surface area contributed by atoms with Crippen molar-refractivity contribution in [2.45, 2.75) is 71.9 Å². The van der Waals surface area contributed by atoms with E-state index in [9.17, 15) is 9.59 Å². The second-order valence-corrected chi connectivity index (χ2v) is 9.28. The van der Waals surface area contributed by atoms with Crippen molar-refractivity contribution in [3.63, 3.8) is 0 Å². The summed E-state index contributed by atoms with van der Waals surface area (Å²) in [5.74, 6) is 2.70. The molecule has 8 heteroatoms. The Kier molecular flexibility index (Phi) is 11.1. The van der Waals surface area contributed by atoms with Gasteiger partial charge >= 0.3 is 0 Å². The average Bonchev–Trinajstić information content (AvgIpc) is 3.51. The van der Waals surface area contributed by atoms with Gasteiger partial charge in [-0.05, 0) is 43.2 Å². The smallest absolute Gasteiger partial charge is 0.242 e. The zero-order valence-corrected chi connectivity index (χ0v) is 21.9. The van der Waals surface area contributed by atoms with Crippen molar-refractivity contribution in [2.24, 2.45) is 0 Å². The summed E-state index contributed by atoms with van der Waals surface area (Å²) in [6.07, 6.45) is 7.10. The van der Waals surface area contributed by atoms with Crippen LogP contribution in [-0.2, 0) is 27.4 Å². The van der Waals surface area contributed by atoms with Crippen LogP contribution in [0.1, 0.15) is 69.0 Å². The number of carbonyl (C=O) groups excluding carboxylic acids is 2. The van der Waals surface area contributed by atoms with Gasteiger partial charge in [0.15, 0.2) is 11.5 Å². The van der Waals surface area contributed by atoms with Gasteiger partial charge < -0.3 is 28.4 Å². The molecule has 1 aliphatic rings. The molecule has 0 saturated carbocycles. The third-order valence-electron chi connectivity index (χ3n) is 6.29. The van der Waals surface area contributed by atoms with Gasteiger partial charge in [-0.2, -0.15) is 0 Å². The molecular weight excluding hydrogens is 460 g/mol. The van der Waals surface area contributed by atoms with Crippen molar-refractivity contribution in [3.05, 3.63) is 47.4 Å². The summed E-state index contributed by atoms with van der Waals surface area (Å²) in [6.45, 7) is 5.70. The lowest BCUT2D eigenvalue weighted by molar-refractivity contribution is -0.142. The first-order valence-corrected chi connectivity index (χ1v) is 13.0. The Balaban J connectivity index is 1.66. The quantitative estimate of drug-likeness (QED) is 0.299. The number of fused-ring (bicyclic) bond motifs is 1. The second-order valence-electron chi connectivity index (χ2n) is 9.28. The van der Waals surface area contributed by atoms with Gasteiger partial charge in [0.2, 0.25) is 18.6 Å². The van der Waals surface area contributed by atoms with Crippen molar-refractivity contribution >= 4 is 11.8 Å². The second kappa shape index (κ2) is 14.5. The maximum atomic E-state index is 13.5. The molecule has 2 aromatic rings. The molecule has 198 valence electrons. The lowest BCUT2D eigenvalue weighted by atomic mass is 10.1. The van der Waals surface area contributed by atoms with Gasteiger partial charge in [0.05, 0.1) is 19.7 Å². The molecule has 0 N–H and O–H groups in total. The molecule has 0 bridgehead atoms. The van der Waals surface area contributed by atoms with Crippen molar-refractivity contribution in [1.82, 2.24) is 9.80 Å². The van der Waals surface area contributed by atoms with Crippen molar-refractivity contribution < 1.29 is 28.2 Å². The molecular formula is C28H40N2O6. The van der Waals surface area contributed by atoms with E-state index in [1.807, 2.05) is 37.3 Å². The number of benzene rings is 1. The summed E-state index contributed by atoms with van der Waals surface area (Å²) in [7, 11) is 1.60. The van der Waals surface area contributed by atoms with Gasteiger partial charge in [-0.25, -0.2) is 0 Å². The van der Waals surface area contributed by atoms with E-state index in [4.69, 9.17) is 18.6 Å². The highest BCUT2D eigenvalue weighted by atomic mass is 16.7. The molecule has 0 atom stereocenters. The summed E-state index contributed by atoms with van der Waals surface area (Å²) < 4.78 is 21.9. The number of nitrogens with zero attached hydrogens (tertiary/aromatic N) is 2. The van der Waals surface area contributed by atoms with Gasteiger partial charge in [0.1, 0.15) is 11.5 Å². The fourth-order valence-corrected chi connectivity index (χ4v) is 4.22. The Morgan fingerprint density at radius 3 is 2.44 bits per heavy atom. The standard InChI is InChI=1S/C28H40N2O6/c1-4-5-6-7-8-9-10-27(31)29(15-16-33-3)20-28(32)30(19-24-13-11-22(2)36-24)18-23-12-14-25-26(17-23)35-21-34-25/h11-14,17H,4-10,15-16,18-21H2,1-3H3. The highest BCUT2D eigenvalue weighted by molar-refractivity contribution is 5.84. The number of hydrogen-bond acceptors (Lipinski definition) is 6. The summed E-state index contributed by atoms with van der Waals surface area (Å²) in [5.41, 5.74) is 0.915. The Morgan fingerprint density at radius 1 is 0.917 bits per heavy atom. The lowest BCUT2D eigenvalue weighted by Crippen LogP contribution is -2.43. The van der Waals surface area contributed by atoms with E-state index >= 15 is 0 Å². The molecule has 0 aliphatic carbocycles. The third-order valence-corrected chi connectivity index (χ3v) is 6.29. The molecule has 0 unspecified atom stereocenters. The SMILES string of the molecule is CCCCCCCCC(=O)N(CCOC)CC(=O)N(Cc1ccc2c(c1)OCO2)Cc1ccc(C)o1. The fourth-order valence-electron chi connectivity index (χ4n) is 4.22. The van der Waals surface area contributed by atoms with Crippen LogP contribution >= 0.6 is 0 Å². The molecule has 8 nitrogen and oxygen atoms in total. The Bertz CT molecular complexity index is 973. The highest BCUT2D eigenvalue weighted by Gasteiger charge is 2.23. The van der Waals surface area contributed by atoms with Gasteiger partial charge in [0.25, 0.3) is 0 Å². The number of unbranched alkanes of at least 4 members (excludes halogenated alkanes) is 5. The number of methoxy groups -OCH3 is 1. The minimum absolute atomic E-state index is 0.00225. The monoisotopic (exact) mass is 500 g/mol. The minimum atomic E-state index is -0.144. The zero-order chi connectivity index (χ0) is 25.8. The van der Waals surface area contributed by atoms with Gasteiger partial charge in [-0.3, -0.25) is 9.59 Å². The predicted molar refractivity (Wildman–Crippen MR) is 137 cm³/mol. The zero-order valence-electron chi connectivity index (χ0n) is 21.9. The summed E-state index contributed by atoms with van der Waals surface area (Å²) in [5, 5.41) is 0. The molecule has 2 amide bonds. The van der Waals surface area contributed by atoms with E-state index in [1.165, 1.54) is 19.3 Å². The van der Waals surface area contributed by atoms with E-state index in [0.717, 1.165) is 30.6 Å². The van der Waals surface area contributed by atoms with E-state index < -0.39 is 0 Å². The van der Waals surface area contributed by atoms with Crippen LogP contribution in [0.3, 0.4) is 0 Å². The van der Waals surface area contributed by atoms with E-state index in [2.05, 4.69) is 6.92 Å². The predicted octanol–water partition coefficient (Wildman–Crippen LogP) is 5.07. The molecule has 36 heavy (non-hydrogen) atoms. The number of amides is 2. The molecule has 0 spiro atoms. The minimum Gasteiger partial charge on any atom is -0.464 e. The first-order valence-electron chi connectivity index (χ1n) is 13.0. The van der Waals surface area contributed by atoms with Crippen molar-refractivity contribution in [1.29, 1.82) is 0 Å². The van der Waals surface area contributed by atoms with Crippen LogP contribution < -0.4 is 9.47 Å². The highest BCUT2D eigenvalue weighted by Crippen LogP contribution is 2.33. The number of hydrogen-bond donors (Lipinski definition) is 0. The number of furan rings is 1. The summed E-state index contributed by atoms with van der Waals surface area (Å²) >= 11 is 0. The number of rotatable bonds is 16. The number of ether oxygens (including phenoxy) is 3. The molecule has 3 rings (SSSR count). The summed E-state index contributed by atoms with van der Waals surface area (Å²) in [4.78, 5) is 29.8. The maximum absolute atomic E-state index is 13.5. The van der Waals surface area contributed by atoms with E-state index in [1.54, 1.807) is 16.9 Å². The van der Waals surface area contributed by atoms with E-state index in [0.29, 0.717) is 49.9 Å². The van der Waals surface area contributed by atoms with Crippen LogP contribution in [0, 0.1) is 6.92 Å². The molecule has 1 aliphatic heterocycles. The Hall–Kier alpha value is -3.00. The first-order chi connectivity index (χ1) is 17.5. The van der Waals surface area contributed by atoms with E-state index in [-0.39, 0.29) is 25.2 Å². The molecule has 0 fully saturated rings. The molecule has 2 heterocycles. The lowest BCUT2D eigenvalue weighted by Gasteiger charge is -2.27. The van der Waals surface area contributed by atoms with Crippen LogP contribution in [0.2, 0.25) is 0 Å². The van der Waals surface area contributed by atoms with Crippen LogP contribution in [0.25, 0.3) is 0 Å². The fraction of sp³-hybridized carbons (Fsp3) is 0.571. The Labute approximate surface area is 214 Å². The van der Waals surface area contributed by atoms with Crippen LogP contribution in [0.4, 0.5) is 0 Å². The van der Waals surface area contributed by atoms with Gasteiger partial charge in [-0.1, -0.05) is 45.1 Å². The van der Waals surface area contributed by atoms with Gasteiger partial charge in [0, 0.05) is 26.6 Å². The molecule has 0 radical (unpaired) electrons. The number of carbonyl (C=O) groups is 2. The largest absolute Gasteiger partial charge is 0.464 e. The summed E-state index contributed by atoms with van der Waals surface area (Å²) in [6, 6.07) is 9.43. The molecule has 1 aromatic carbocycles. The molecule has 0 saturated heterocycles. The maximum Gasteiger partial charge on any atom is 0.242 e. The van der Waals surface area contributed by atoms with Crippen LogP contribution in [0.15, 0.2) is 34.7 Å².